The van der Waals surface area contributed by atoms with Crippen LogP contribution in [0.1, 0.15) is 10.6 Å². The quantitative estimate of drug-likeness (QED) is 0.787. The van der Waals surface area contributed by atoms with E-state index in [-0.39, 0.29) is 6.03 Å². The Balaban J connectivity index is 1.68. The van der Waals surface area contributed by atoms with E-state index >= 15 is 0 Å². The molecule has 0 aliphatic rings. The van der Waals surface area contributed by atoms with Crippen molar-refractivity contribution in [3.05, 3.63) is 70.7 Å². The van der Waals surface area contributed by atoms with Gasteiger partial charge in [0.15, 0.2) is 0 Å². The highest BCUT2D eigenvalue weighted by molar-refractivity contribution is 7.10. The van der Waals surface area contributed by atoms with Crippen LogP contribution in [0.25, 0.3) is 12.2 Å². The van der Waals surface area contributed by atoms with Crippen LogP contribution in [0.15, 0.2) is 60.1 Å². The fourth-order valence-electron chi connectivity index (χ4n) is 1.80. The molecule has 0 radical (unpaired) electrons. The molecule has 0 saturated heterocycles. The summed E-state index contributed by atoms with van der Waals surface area (Å²) in [6, 6.07) is 14.8. The van der Waals surface area contributed by atoms with Gasteiger partial charge in [-0.2, -0.15) is 9.78 Å². The van der Waals surface area contributed by atoms with Gasteiger partial charge in [0.25, 0.3) is 0 Å². The minimum atomic E-state index is -0.281. The van der Waals surface area contributed by atoms with Crippen LogP contribution < -0.4 is 5.32 Å². The van der Waals surface area contributed by atoms with E-state index in [2.05, 4.69) is 10.4 Å². The second-order valence-corrected chi connectivity index (χ2v) is 5.31. The number of anilines is 1. The molecule has 21 heavy (non-hydrogen) atoms. The van der Waals surface area contributed by atoms with Crippen molar-refractivity contribution in [2.75, 3.05) is 5.32 Å². The summed E-state index contributed by atoms with van der Waals surface area (Å²) in [6.07, 6.45) is 5.51. The van der Waals surface area contributed by atoms with Crippen molar-refractivity contribution in [3.8, 4) is 0 Å². The maximum absolute atomic E-state index is 12.0. The molecule has 0 unspecified atom stereocenters. The van der Waals surface area contributed by atoms with Crippen LogP contribution in [0.3, 0.4) is 0 Å². The summed E-state index contributed by atoms with van der Waals surface area (Å²) in [7, 11) is 0. The maximum atomic E-state index is 12.0. The highest BCUT2D eigenvalue weighted by Gasteiger charge is 2.06. The van der Waals surface area contributed by atoms with Crippen LogP contribution in [0.2, 0.25) is 0 Å². The van der Waals surface area contributed by atoms with Crippen molar-refractivity contribution in [1.29, 1.82) is 0 Å². The van der Waals surface area contributed by atoms with E-state index in [0.717, 1.165) is 16.3 Å². The Kier molecular flexibility index (Phi) is 3.93. The molecule has 5 heteroatoms. The molecule has 0 aliphatic carbocycles. The lowest BCUT2D eigenvalue weighted by atomic mass is 10.3. The number of thiophene rings is 1. The van der Waals surface area contributed by atoms with Crippen molar-refractivity contribution in [1.82, 2.24) is 9.78 Å². The zero-order valence-electron chi connectivity index (χ0n) is 11.1. The minimum Gasteiger partial charge on any atom is -0.306 e. The smallest absolute Gasteiger partial charge is 0.306 e. The number of carbonyl (C=O) groups is 1. The van der Waals surface area contributed by atoms with Crippen LogP contribution in [-0.2, 0) is 0 Å². The van der Waals surface area contributed by atoms with E-state index in [1.807, 2.05) is 60.0 Å². The highest BCUT2D eigenvalue weighted by atomic mass is 32.1. The van der Waals surface area contributed by atoms with E-state index in [1.165, 1.54) is 4.68 Å². The Morgan fingerprint density at radius 3 is 2.71 bits per heavy atom. The third-order valence-corrected chi connectivity index (χ3v) is 3.64. The first-order valence-corrected chi connectivity index (χ1v) is 7.33. The van der Waals surface area contributed by atoms with Gasteiger partial charge in [0, 0.05) is 16.8 Å². The molecular weight excluding hydrogens is 282 g/mol. The van der Waals surface area contributed by atoms with Gasteiger partial charge in [-0.05, 0) is 41.8 Å². The highest BCUT2D eigenvalue weighted by Crippen LogP contribution is 2.12. The topological polar surface area (TPSA) is 46.9 Å². The van der Waals surface area contributed by atoms with Gasteiger partial charge in [-0.3, -0.25) is 0 Å². The number of hydrogen-bond donors (Lipinski definition) is 1. The van der Waals surface area contributed by atoms with E-state index in [0.29, 0.717) is 0 Å². The Morgan fingerprint density at radius 1 is 1.10 bits per heavy atom. The van der Waals surface area contributed by atoms with Gasteiger partial charge in [0.05, 0.1) is 5.69 Å². The number of amides is 1. The van der Waals surface area contributed by atoms with Gasteiger partial charge in [-0.1, -0.05) is 24.3 Å². The Hall–Kier alpha value is -2.66. The molecule has 1 aromatic carbocycles. The summed E-state index contributed by atoms with van der Waals surface area (Å²) in [5, 5.41) is 9.03. The number of benzene rings is 1. The summed E-state index contributed by atoms with van der Waals surface area (Å²) in [5.74, 6) is 0. The van der Waals surface area contributed by atoms with Crippen LogP contribution >= 0.6 is 11.3 Å². The average Bonchev–Trinajstić information content (AvgIpc) is 3.18. The monoisotopic (exact) mass is 295 g/mol. The first-order chi connectivity index (χ1) is 10.3. The van der Waals surface area contributed by atoms with Crippen molar-refractivity contribution >= 4 is 35.2 Å². The zero-order valence-corrected chi connectivity index (χ0v) is 12.0. The Bertz CT molecular complexity index is 745. The molecule has 0 bridgehead atoms. The standard InChI is InChI=1S/C16H13N3OS/c20-16(17-13-5-2-1-3-6-13)19-11-10-14(18-19)8-9-15-7-4-12-21-15/h1-12H,(H,17,20). The lowest BCUT2D eigenvalue weighted by molar-refractivity contribution is 0.251. The van der Waals surface area contributed by atoms with E-state index in [9.17, 15) is 4.79 Å². The number of nitrogens with one attached hydrogen (secondary N) is 1. The maximum Gasteiger partial charge on any atom is 0.346 e. The molecule has 0 atom stereocenters. The second kappa shape index (κ2) is 6.19. The van der Waals surface area contributed by atoms with E-state index in [1.54, 1.807) is 23.6 Å². The van der Waals surface area contributed by atoms with Crippen LogP contribution in [0.4, 0.5) is 10.5 Å². The molecule has 2 heterocycles. The number of aromatic nitrogens is 2. The van der Waals surface area contributed by atoms with Gasteiger partial charge >= 0.3 is 6.03 Å². The Labute approximate surface area is 126 Å². The normalized spacial score (nSPS) is 10.9. The second-order valence-electron chi connectivity index (χ2n) is 4.33. The summed E-state index contributed by atoms with van der Waals surface area (Å²) < 4.78 is 1.29. The Morgan fingerprint density at radius 2 is 1.95 bits per heavy atom. The molecule has 0 fully saturated rings. The molecule has 0 spiro atoms. The first kappa shape index (κ1) is 13.3. The number of carbonyl (C=O) groups excluding carboxylic acids is 1. The SMILES string of the molecule is O=C(Nc1ccccc1)n1ccc(C=Cc2cccs2)n1. The van der Waals surface area contributed by atoms with Gasteiger partial charge in [-0.15, -0.1) is 11.3 Å². The molecule has 3 aromatic rings. The van der Waals surface area contributed by atoms with E-state index < -0.39 is 0 Å². The zero-order chi connectivity index (χ0) is 14.5. The summed E-state index contributed by atoms with van der Waals surface area (Å²) in [4.78, 5) is 13.2. The number of hydrogen-bond acceptors (Lipinski definition) is 3. The van der Waals surface area contributed by atoms with Crippen LogP contribution in [0, 0.1) is 0 Å². The number of rotatable bonds is 3. The lowest BCUT2D eigenvalue weighted by Gasteiger charge is -2.03. The van der Waals surface area contributed by atoms with Gasteiger partial charge < -0.3 is 5.32 Å². The first-order valence-electron chi connectivity index (χ1n) is 6.45. The third kappa shape index (κ3) is 3.46. The van der Waals surface area contributed by atoms with Crippen molar-refractivity contribution in [2.45, 2.75) is 0 Å². The summed E-state index contributed by atoms with van der Waals surface area (Å²) in [6.45, 7) is 0. The molecule has 0 aliphatic heterocycles. The fourth-order valence-corrected chi connectivity index (χ4v) is 2.41. The van der Waals surface area contributed by atoms with Crippen molar-refractivity contribution < 1.29 is 4.79 Å². The van der Waals surface area contributed by atoms with Crippen LogP contribution in [-0.4, -0.2) is 15.8 Å². The number of nitrogens with zero attached hydrogens (tertiary/aromatic N) is 2. The molecule has 2 aromatic heterocycles. The largest absolute Gasteiger partial charge is 0.346 e. The van der Waals surface area contributed by atoms with Crippen LogP contribution in [0.5, 0.6) is 0 Å². The molecule has 0 saturated carbocycles. The third-order valence-electron chi connectivity index (χ3n) is 2.80. The average molecular weight is 295 g/mol. The summed E-state index contributed by atoms with van der Waals surface area (Å²) in [5.41, 5.74) is 1.49. The molecular formula is C16H13N3OS. The predicted octanol–water partition coefficient (Wildman–Crippen LogP) is 4.20. The van der Waals surface area contributed by atoms with Gasteiger partial charge in [0.2, 0.25) is 0 Å². The lowest BCUT2D eigenvalue weighted by Crippen LogP contribution is -2.19. The summed E-state index contributed by atoms with van der Waals surface area (Å²) >= 11 is 1.66. The molecule has 1 N–H and O–H groups in total. The van der Waals surface area contributed by atoms with Crippen molar-refractivity contribution in [3.63, 3.8) is 0 Å². The minimum absolute atomic E-state index is 0.281. The molecule has 3 rings (SSSR count). The molecule has 4 nitrogen and oxygen atoms in total. The van der Waals surface area contributed by atoms with Gasteiger partial charge in [-0.25, -0.2) is 4.79 Å². The van der Waals surface area contributed by atoms with Gasteiger partial charge in [0.1, 0.15) is 0 Å². The van der Waals surface area contributed by atoms with Crippen molar-refractivity contribution in [2.24, 2.45) is 0 Å². The van der Waals surface area contributed by atoms with E-state index in [4.69, 9.17) is 0 Å². The predicted molar refractivity (Wildman–Crippen MR) is 86.3 cm³/mol. The fraction of sp³-hybridized carbons (Fsp3) is 0. The number of para-hydroxylation sites is 1. The molecule has 1 amide bonds. The molecule has 104 valence electrons.